The number of hydrogen-bond acceptors (Lipinski definition) is 5. The molecule has 1 aromatic heterocycles. The van der Waals surface area contributed by atoms with E-state index in [4.69, 9.17) is 15.9 Å². The highest BCUT2D eigenvalue weighted by molar-refractivity contribution is 5.93. The van der Waals surface area contributed by atoms with Gasteiger partial charge in [-0.15, -0.1) is 0 Å². The van der Waals surface area contributed by atoms with E-state index in [1.165, 1.54) is 18.5 Å². The molecule has 0 aliphatic rings. The number of pyridine rings is 1. The Balaban J connectivity index is 0.000000254. The van der Waals surface area contributed by atoms with Gasteiger partial charge < -0.3 is 21.3 Å². The minimum absolute atomic E-state index is 0.0926. The van der Waals surface area contributed by atoms with Crippen molar-refractivity contribution < 1.29 is 19.8 Å². The van der Waals surface area contributed by atoms with E-state index >= 15 is 0 Å². The first kappa shape index (κ1) is 19.0. The van der Waals surface area contributed by atoms with Crippen LogP contribution in [0.2, 0.25) is 0 Å². The Labute approximate surface area is 140 Å². The highest BCUT2D eigenvalue weighted by Gasteiger charge is 2.04. The van der Waals surface area contributed by atoms with Crippen LogP contribution < -0.4 is 11.1 Å². The minimum atomic E-state index is -1.03. The SMILES string of the molecule is CCCCNc1ccc(C(=O)O)cc1.Nc1cnccc1C(=O)O. The van der Waals surface area contributed by atoms with Gasteiger partial charge in [0.05, 0.1) is 23.0 Å². The van der Waals surface area contributed by atoms with Crippen LogP contribution in [0.3, 0.4) is 0 Å². The van der Waals surface area contributed by atoms with Crippen LogP contribution in [0.1, 0.15) is 40.5 Å². The lowest BCUT2D eigenvalue weighted by Crippen LogP contribution is -2.01. The van der Waals surface area contributed by atoms with E-state index in [0.717, 1.165) is 25.1 Å². The molecule has 2 aromatic rings. The van der Waals surface area contributed by atoms with Gasteiger partial charge in [-0.25, -0.2) is 9.59 Å². The zero-order chi connectivity index (χ0) is 17.9. The van der Waals surface area contributed by atoms with E-state index in [1.807, 2.05) is 0 Å². The molecule has 5 N–H and O–H groups in total. The zero-order valence-corrected chi connectivity index (χ0v) is 13.4. The zero-order valence-electron chi connectivity index (χ0n) is 13.4. The molecule has 0 saturated carbocycles. The molecule has 2 rings (SSSR count). The number of nitrogens with zero attached hydrogens (tertiary/aromatic N) is 1. The van der Waals surface area contributed by atoms with Crippen molar-refractivity contribution in [3.63, 3.8) is 0 Å². The second-order valence-electron chi connectivity index (χ2n) is 4.93. The number of carbonyl (C=O) groups is 2. The summed E-state index contributed by atoms with van der Waals surface area (Å²) >= 11 is 0. The summed E-state index contributed by atoms with van der Waals surface area (Å²) < 4.78 is 0. The van der Waals surface area contributed by atoms with Crippen molar-refractivity contribution in [1.29, 1.82) is 0 Å². The Morgan fingerprint density at radius 2 is 1.79 bits per heavy atom. The molecular formula is C17H21N3O4. The van der Waals surface area contributed by atoms with Crippen LogP contribution in [-0.2, 0) is 0 Å². The highest BCUT2D eigenvalue weighted by atomic mass is 16.4. The maximum Gasteiger partial charge on any atom is 0.337 e. The molecule has 0 aliphatic carbocycles. The summed E-state index contributed by atoms with van der Waals surface area (Å²) in [5.74, 6) is -1.91. The van der Waals surface area contributed by atoms with Crippen LogP contribution in [0, 0.1) is 0 Å². The molecule has 1 aromatic carbocycles. The molecule has 0 aliphatic heterocycles. The molecule has 7 nitrogen and oxygen atoms in total. The van der Waals surface area contributed by atoms with Gasteiger partial charge in [0.25, 0.3) is 0 Å². The number of hydrogen-bond donors (Lipinski definition) is 4. The molecular weight excluding hydrogens is 310 g/mol. The van der Waals surface area contributed by atoms with Crippen molar-refractivity contribution in [3.05, 3.63) is 53.9 Å². The topological polar surface area (TPSA) is 126 Å². The van der Waals surface area contributed by atoms with E-state index in [9.17, 15) is 9.59 Å². The van der Waals surface area contributed by atoms with Gasteiger partial charge in [0.2, 0.25) is 0 Å². The molecule has 0 bridgehead atoms. The summed E-state index contributed by atoms with van der Waals surface area (Å²) in [6.07, 6.45) is 4.98. The molecule has 128 valence electrons. The number of anilines is 2. The first-order valence-electron chi connectivity index (χ1n) is 7.45. The Kier molecular flexibility index (Phi) is 7.77. The minimum Gasteiger partial charge on any atom is -0.478 e. The van der Waals surface area contributed by atoms with Gasteiger partial charge in [-0.1, -0.05) is 13.3 Å². The van der Waals surface area contributed by atoms with E-state index in [1.54, 1.807) is 24.3 Å². The van der Waals surface area contributed by atoms with Crippen molar-refractivity contribution in [2.75, 3.05) is 17.6 Å². The predicted molar refractivity (Wildman–Crippen MR) is 92.4 cm³/mol. The molecule has 0 fully saturated rings. The quantitative estimate of drug-likeness (QED) is 0.599. The van der Waals surface area contributed by atoms with Gasteiger partial charge in [0.15, 0.2) is 0 Å². The smallest absolute Gasteiger partial charge is 0.337 e. The van der Waals surface area contributed by atoms with E-state index in [-0.39, 0.29) is 11.3 Å². The molecule has 0 atom stereocenters. The van der Waals surface area contributed by atoms with Crippen LogP contribution >= 0.6 is 0 Å². The Bertz CT molecular complexity index is 672. The second kappa shape index (κ2) is 9.83. The monoisotopic (exact) mass is 331 g/mol. The largest absolute Gasteiger partial charge is 0.478 e. The number of unbranched alkanes of at least 4 members (excludes halogenated alkanes) is 1. The van der Waals surface area contributed by atoms with Crippen molar-refractivity contribution in [3.8, 4) is 0 Å². The maximum absolute atomic E-state index is 10.6. The number of nitrogens with one attached hydrogen (secondary N) is 1. The molecule has 0 spiro atoms. The predicted octanol–water partition coefficient (Wildman–Crippen LogP) is 2.96. The number of aromatic carboxylic acids is 2. The third-order valence-electron chi connectivity index (χ3n) is 3.07. The number of benzene rings is 1. The second-order valence-corrected chi connectivity index (χ2v) is 4.93. The standard InChI is InChI=1S/C11H15NO2.C6H6N2O2/c1-2-3-8-12-10-6-4-9(5-7-10)11(13)14;7-5-3-8-2-1-4(5)6(9)10/h4-7,12H,2-3,8H2,1H3,(H,13,14);1-3H,7H2,(H,9,10). The lowest BCUT2D eigenvalue weighted by molar-refractivity contribution is 0.0686. The van der Waals surface area contributed by atoms with Crippen molar-refractivity contribution in [2.45, 2.75) is 19.8 Å². The van der Waals surface area contributed by atoms with Gasteiger partial charge in [-0.2, -0.15) is 0 Å². The fourth-order valence-corrected chi connectivity index (χ4v) is 1.74. The molecule has 0 unspecified atom stereocenters. The number of carboxylic acid groups (broad SMARTS) is 2. The normalized spacial score (nSPS) is 9.54. The summed E-state index contributed by atoms with van der Waals surface area (Å²) in [7, 11) is 0. The van der Waals surface area contributed by atoms with E-state index in [2.05, 4.69) is 17.2 Å². The van der Waals surface area contributed by atoms with Crippen LogP contribution in [0.4, 0.5) is 11.4 Å². The molecule has 0 amide bonds. The molecule has 0 saturated heterocycles. The number of carboxylic acids is 2. The van der Waals surface area contributed by atoms with Gasteiger partial charge in [0, 0.05) is 18.4 Å². The van der Waals surface area contributed by atoms with Gasteiger partial charge >= 0.3 is 11.9 Å². The molecule has 1 heterocycles. The van der Waals surface area contributed by atoms with Gasteiger partial charge in [-0.05, 0) is 36.8 Å². The lowest BCUT2D eigenvalue weighted by atomic mass is 10.2. The van der Waals surface area contributed by atoms with Crippen molar-refractivity contribution in [1.82, 2.24) is 4.98 Å². The summed E-state index contributed by atoms with van der Waals surface area (Å²) in [5.41, 5.74) is 6.86. The summed E-state index contributed by atoms with van der Waals surface area (Å²) in [5, 5.41) is 20.3. The molecule has 24 heavy (non-hydrogen) atoms. The first-order valence-corrected chi connectivity index (χ1v) is 7.45. The van der Waals surface area contributed by atoms with Crippen molar-refractivity contribution >= 4 is 23.3 Å². The Hall–Kier alpha value is -3.09. The molecule has 0 radical (unpaired) electrons. The Morgan fingerprint density at radius 3 is 2.25 bits per heavy atom. The van der Waals surface area contributed by atoms with Gasteiger partial charge in [0.1, 0.15) is 0 Å². The Morgan fingerprint density at radius 1 is 1.12 bits per heavy atom. The summed E-state index contributed by atoms with van der Waals surface area (Å²) in [6, 6.07) is 8.16. The van der Waals surface area contributed by atoms with E-state index < -0.39 is 11.9 Å². The number of aromatic nitrogens is 1. The van der Waals surface area contributed by atoms with Crippen molar-refractivity contribution in [2.24, 2.45) is 0 Å². The summed E-state index contributed by atoms with van der Waals surface area (Å²) in [6.45, 7) is 3.07. The lowest BCUT2D eigenvalue weighted by Gasteiger charge is -2.04. The van der Waals surface area contributed by atoms with Crippen LogP contribution in [0.5, 0.6) is 0 Å². The van der Waals surface area contributed by atoms with E-state index in [0.29, 0.717) is 5.56 Å². The van der Waals surface area contributed by atoms with Gasteiger partial charge in [-0.3, -0.25) is 4.98 Å². The number of nitrogens with two attached hydrogens (primary N) is 1. The number of nitrogen functional groups attached to an aromatic ring is 1. The number of rotatable bonds is 6. The maximum atomic E-state index is 10.6. The van der Waals surface area contributed by atoms with Crippen LogP contribution in [0.25, 0.3) is 0 Å². The van der Waals surface area contributed by atoms with Crippen LogP contribution in [-0.4, -0.2) is 33.7 Å². The third-order valence-corrected chi connectivity index (χ3v) is 3.07. The average Bonchev–Trinajstić information content (AvgIpc) is 2.56. The summed E-state index contributed by atoms with van der Waals surface area (Å²) in [4.78, 5) is 24.5. The fourth-order valence-electron chi connectivity index (χ4n) is 1.74. The fraction of sp³-hybridized carbons (Fsp3) is 0.235. The van der Waals surface area contributed by atoms with Crippen LogP contribution in [0.15, 0.2) is 42.7 Å². The highest BCUT2D eigenvalue weighted by Crippen LogP contribution is 2.09. The first-order chi connectivity index (χ1) is 11.5. The third kappa shape index (κ3) is 6.35. The molecule has 7 heteroatoms. The average molecular weight is 331 g/mol.